The molecule has 1 aliphatic rings. The Balaban J connectivity index is 1.37. The lowest BCUT2D eigenvalue weighted by molar-refractivity contribution is -0.145. The predicted molar refractivity (Wildman–Crippen MR) is 121 cm³/mol. The number of amides is 2. The van der Waals surface area contributed by atoms with E-state index in [0.717, 1.165) is 35.6 Å². The number of nitrogens with one attached hydrogen (secondary N) is 1. The third-order valence-electron chi connectivity index (χ3n) is 5.33. The van der Waals surface area contributed by atoms with E-state index in [1.54, 1.807) is 24.3 Å². The zero-order valence-electron chi connectivity index (χ0n) is 17.3. The average Bonchev–Trinajstić information content (AvgIpc) is 2.74. The van der Waals surface area contributed by atoms with Crippen molar-refractivity contribution in [1.82, 2.24) is 10.2 Å². The minimum Gasteiger partial charge on any atom is -0.355 e. The molecule has 2 aromatic carbocycles. The summed E-state index contributed by atoms with van der Waals surface area (Å²) in [5, 5.41) is 2.58. The van der Waals surface area contributed by atoms with Gasteiger partial charge in [-0.05, 0) is 42.5 Å². The summed E-state index contributed by atoms with van der Waals surface area (Å²) in [6.45, 7) is 0.283. The molecule has 2 aromatic rings. The van der Waals surface area contributed by atoms with Crippen LogP contribution in [0.15, 0.2) is 54.6 Å². The zero-order valence-corrected chi connectivity index (χ0v) is 18.9. The Hall–Kier alpha value is -2.38. The highest BCUT2D eigenvalue weighted by Crippen LogP contribution is 2.26. The number of unbranched alkanes of at least 4 members (excludes halogenated alkanes) is 2. The summed E-state index contributed by atoms with van der Waals surface area (Å²) in [6, 6.07) is 16.6. The highest BCUT2D eigenvalue weighted by Gasteiger charge is 2.45. The first-order chi connectivity index (χ1) is 14.8. The fraction of sp³-hybridized carbons (Fsp3) is 0.391. The van der Waals surface area contributed by atoms with Gasteiger partial charge in [0, 0.05) is 11.6 Å². The maximum Gasteiger partial charge on any atom is 0.239 e. The molecular formula is C23H27ClN2O4S. The van der Waals surface area contributed by atoms with Gasteiger partial charge in [0.05, 0.1) is 12.2 Å². The van der Waals surface area contributed by atoms with E-state index in [1.807, 2.05) is 30.3 Å². The summed E-state index contributed by atoms with van der Waals surface area (Å²) >= 11 is 5.88. The summed E-state index contributed by atoms with van der Waals surface area (Å²) in [4.78, 5) is 25.3. The smallest absolute Gasteiger partial charge is 0.239 e. The maximum atomic E-state index is 12.7. The fourth-order valence-electron chi connectivity index (χ4n) is 3.56. The number of carbonyl (C=O) groups excluding carboxylic acids is 2. The number of halogens is 1. The maximum absolute atomic E-state index is 12.7. The number of rotatable bonds is 11. The average molecular weight is 463 g/mol. The van der Waals surface area contributed by atoms with Crippen LogP contribution in [-0.4, -0.2) is 43.6 Å². The molecule has 1 atom stereocenters. The minimum absolute atomic E-state index is 0.0624. The first kappa shape index (κ1) is 23.3. The Labute approximate surface area is 188 Å². The van der Waals surface area contributed by atoms with Crippen LogP contribution >= 0.6 is 11.6 Å². The van der Waals surface area contributed by atoms with Crippen LogP contribution in [0, 0.1) is 0 Å². The van der Waals surface area contributed by atoms with Crippen molar-refractivity contribution in [3.05, 3.63) is 70.7 Å². The number of benzene rings is 2. The molecule has 0 aromatic heterocycles. The molecule has 1 N–H and O–H groups in total. The van der Waals surface area contributed by atoms with Crippen LogP contribution in [0.25, 0.3) is 0 Å². The van der Waals surface area contributed by atoms with Crippen LogP contribution in [0.5, 0.6) is 0 Å². The third kappa shape index (κ3) is 6.80. The third-order valence-corrected chi connectivity index (χ3v) is 7.57. The van der Waals surface area contributed by atoms with Crippen LogP contribution < -0.4 is 5.32 Å². The van der Waals surface area contributed by atoms with E-state index in [2.05, 4.69) is 5.32 Å². The van der Waals surface area contributed by atoms with E-state index >= 15 is 0 Å². The van der Waals surface area contributed by atoms with Crippen LogP contribution in [-0.2, 0) is 31.6 Å². The van der Waals surface area contributed by atoms with Gasteiger partial charge in [-0.3, -0.25) is 9.59 Å². The van der Waals surface area contributed by atoms with E-state index < -0.39 is 15.2 Å². The van der Waals surface area contributed by atoms with Crippen LogP contribution in [0.2, 0.25) is 5.02 Å². The number of hydrogen-bond donors (Lipinski definition) is 1. The Kier molecular flexibility index (Phi) is 8.09. The van der Waals surface area contributed by atoms with E-state index in [9.17, 15) is 18.0 Å². The normalized spacial score (nSPS) is 16.1. The Bertz CT molecular complexity index is 994. The molecule has 8 heteroatoms. The molecule has 0 spiro atoms. The summed E-state index contributed by atoms with van der Waals surface area (Å²) < 4.78 is 25.3. The van der Waals surface area contributed by atoms with E-state index in [1.165, 1.54) is 5.56 Å². The number of aryl methyl sites for hydroxylation is 1. The molecule has 1 fully saturated rings. The van der Waals surface area contributed by atoms with Crippen LogP contribution in [0.4, 0.5) is 0 Å². The molecule has 3 rings (SSSR count). The summed E-state index contributed by atoms with van der Waals surface area (Å²) in [7, 11) is -3.55. The molecule has 1 heterocycles. The standard InChI is InChI=1S/C23H27ClN2O4S/c24-20-12-10-18(11-13-20)7-5-2-6-14-25-21(27)16-26-22(28)15-23(26)31(29,30)17-19-8-3-1-4-9-19/h1,3-4,8-13,23H,2,5-7,14-17H2,(H,25,27). The van der Waals surface area contributed by atoms with E-state index in [4.69, 9.17) is 11.6 Å². The van der Waals surface area contributed by atoms with Crippen molar-refractivity contribution in [3.63, 3.8) is 0 Å². The molecule has 0 saturated carbocycles. The van der Waals surface area contributed by atoms with Crippen molar-refractivity contribution in [1.29, 1.82) is 0 Å². The van der Waals surface area contributed by atoms with Gasteiger partial charge in [0.1, 0.15) is 11.9 Å². The number of sulfone groups is 1. The Morgan fingerprint density at radius 2 is 1.71 bits per heavy atom. The molecule has 1 unspecified atom stereocenters. The highest BCUT2D eigenvalue weighted by molar-refractivity contribution is 7.91. The van der Waals surface area contributed by atoms with Gasteiger partial charge in [0.2, 0.25) is 11.8 Å². The number of carbonyl (C=O) groups is 2. The Morgan fingerprint density at radius 1 is 1.00 bits per heavy atom. The van der Waals surface area contributed by atoms with Gasteiger partial charge in [-0.1, -0.05) is 60.5 Å². The zero-order chi connectivity index (χ0) is 22.3. The lowest BCUT2D eigenvalue weighted by Crippen LogP contribution is -2.59. The molecule has 0 radical (unpaired) electrons. The predicted octanol–water partition coefficient (Wildman–Crippen LogP) is 3.34. The summed E-state index contributed by atoms with van der Waals surface area (Å²) in [5.74, 6) is -0.775. The van der Waals surface area contributed by atoms with Crippen molar-refractivity contribution in [2.24, 2.45) is 0 Å². The highest BCUT2D eigenvalue weighted by atomic mass is 35.5. The SMILES string of the molecule is O=C(CN1C(=O)CC1S(=O)(=O)Cc1ccccc1)NCCCCCc1ccc(Cl)cc1. The van der Waals surface area contributed by atoms with Gasteiger partial charge in [-0.25, -0.2) is 8.42 Å². The quantitative estimate of drug-likeness (QED) is 0.410. The minimum atomic E-state index is -3.55. The molecule has 1 saturated heterocycles. The first-order valence-corrected chi connectivity index (χ1v) is 12.5. The number of likely N-dealkylation sites (tertiary alicyclic amines) is 1. The lowest BCUT2D eigenvalue weighted by Gasteiger charge is -2.39. The molecule has 0 bridgehead atoms. The van der Waals surface area contributed by atoms with Crippen molar-refractivity contribution in [2.75, 3.05) is 13.1 Å². The van der Waals surface area contributed by atoms with Gasteiger partial charge in [-0.2, -0.15) is 0 Å². The number of nitrogens with zero attached hydrogens (tertiary/aromatic N) is 1. The van der Waals surface area contributed by atoms with Crippen molar-refractivity contribution < 1.29 is 18.0 Å². The number of hydrogen-bond acceptors (Lipinski definition) is 4. The molecule has 166 valence electrons. The molecule has 6 nitrogen and oxygen atoms in total. The second-order valence-electron chi connectivity index (χ2n) is 7.76. The molecule has 2 amide bonds. The van der Waals surface area contributed by atoms with Crippen LogP contribution in [0.1, 0.15) is 36.8 Å². The van der Waals surface area contributed by atoms with E-state index in [-0.39, 0.29) is 30.5 Å². The second kappa shape index (κ2) is 10.8. The topological polar surface area (TPSA) is 83.6 Å². The molecule has 1 aliphatic heterocycles. The fourth-order valence-corrected chi connectivity index (χ4v) is 5.51. The van der Waals surface area contributed by atoms with Gasteiger partial charge < -0.3 is 10.2 Å². The first-order valence-electron chi connectivity index (χ1n) is 10.4. The van der Waals surface area contributed by atoms with Gasteiger partial charge in [0.15, 0.2) is 9.84 Å². The molecular weight excluding hydrogens is 436 g/mol. The van der Waals surface area contributed by atoms with Crippen molar-refractivity contribution in [2.45, 2.75) is 43.2 Å². The van der Waals surface area contributed by atoms with Gasteiger partial charge >= 0.3 is 0 Å². The summed E-state index contributed by atoms with van der Waals surface area (Å²) in [6.07, 6.45) is 3.67. The Morgan fingerprint density at radius 3 is 2.39 bits per heavy atom. The largest absolute Gasteiger partial charge is 0.355 e. The summed E-state index contributed by atoms with van der Waals surface area (Å²) in [5.41, 5.74) is 1.90. The number of β-lactam (4-membered cyclic amide) rings is 1. The van der Waals surface area contributed by atoms with Crippen LogP contribution in [0.3, 0.4) is 0 Å². The van der Waals surface area contributed by atoms with Gasteiger partial charge in [-0.15, -0.1) is 0 Å². The monoisotopic (exact) mass is 462 g/mol. The molecule has 31 heavy (non-hydrogen) atoms. The lowest BCUT2D eigenvalue weighted by atomic mass is 10.1. The van der Waals surface area contributed by atoms with E-state index in [0.29, 0.717) is 12.1 Å². The van der Waals surface area contributed by atoms with Gasteiger partial charge in [0.25, 0.3) is 0 Å². The van der Waals surface area contributed by atoms with Crippen molar-refractivity contribution in [3.8, 4) is 0 Å². The van der Waals surface area contributed by atoms with Crippen molar-refractivity contribution >= 4 is 33.3 Å². The molecule has 0 aliphatic carbocycles. The second-order valence-corrected chi connectivity index (χ2v) is 10.4.